The molecule has 0 atom stereocenters. The molecule has 1 fully saturated rings. The minimum Gasteiger partial charge on any atom is -0.356 e. The number of amides is 1. The van der Waals surface area contributed by atoms with Crippen LogP contribution in [0.4, 0.5) is 5.82 Å². The van der Waals surface area contributed by atoms with Crippen LogP contribution < -0.4 is 10.2 Å². The molecule has 0 saturated carbocycles. The van der Waals surface area contributed by atoms with Gasteiger partial charge >= 0.3 is 0 Å². The summed E-state index contributed by atoms with van der Waals surface area (Å²) in [6, 6.07) is 13.8. The molecule has 148 valence electrons. The molecule has 4 rings (SSSR count). The number of nitrogens with one attached hydrogen (secondary N) is 1. The number of aryl methyl sites for hydroxylation is 1. The molecular formula is C23H25N5O. The van der Waals surface area contributed by atoms with Crippen molar-refractivity contribution < 1.29 is 4.79 Å². The van der Waals surface area contributed by atoms with Gasteiger partial charge in [0.2, 0.25) is 0 Å². The van der Waals surface area contributed by atoms with E-state index in [1.54, 1.807) is 12.4 Å². The Hall–Kier alpha value is -3.28. The normalized spacial score (nSPS) is 13.9. The first-order valence-corrected chi connectivity index (χ1v) is 10.1. The van der Waals surface area contributed by atoms with Crippen LogP contribution in [0, 0.1) is 6.92 Å². The summed E-state index contributed by atoms with van der Waals surface area (Å²) < 4.78 is 0. The molecule has 0 spiro atoms. The van der Waals surface area contributed by atoms with Crippen LogP contribution in [0.2, 0.25) is 0 Å². The number of anilines is 1. The molecular weight excluding hydrogens is 362 g/mol. The van der Waals surface area contributed by atoms with Crippen molar-refractivity contribution in [1.29, 1.82) is 0 Å². The van der Waals surface area contributed by atoms with Crippen molar-refractivity contribution in [3.05, 3.63) is 71.7 Å². The number of carbonyl (C=O) groups excluding carboxylic acids is 1. The van der Waals surface area contributed by atoms with Crippen LogP contribution in [0.3, 0.4) is 0 Å². The lowest BCUT2D eigenvalue weighted by molar-refractivity contribution is 0.0950. The number of pyridine rings is 1. The lowest BCUT2D eigenvalue weighted by atomic mass is 10.1. The molecule has 0 bridgehead atoms. The van der Waals surface area contributed by atoms with Gasteiger partial charge in [-0.25, -0.2) is 9.97 Å². The van der Waals surface area contributed by atoms with Crippen molar-refractivity contribution in [3.8, 4) is 11.4 Å². The number of piperidine rings is 1. The molecule has 1 aliphatic heterocycles. The zero-order chi connectivity index (χ0) is 20.1. The van der Waals surface area contributed by atoms with E-state index in [0.717, 1.165) is 48.6 Å². The molecule has 0 aliphatic carbocycles. The van der Waals surface area contributed by atoms with Crippen molar-refractivity contribution in [3.63, 3.8) is 0 Å². The number of carbonyl (C=O) groups is 1. The van der Waals surface area contributed by atoms with Gasteiger partial charge in [0.05, 0.1) is 12.2 Å². The first kappa shape index (κ1) is 19.1. The van der Waals surface area contributed by atoms with Crippen LogP contribution >= 0.6 is 0 Å². The van der Waals surface area contributed by atoms with E-state index < -0.39 is 0 Å². The Balaban J connectivity index is 1.63. The van der Waals surface area contributed by atoms with Crippen LogP contribution in [-0.4, -0.2) is 33.9 Å². The van der Waals surface area contributed by atoms with E-state index >= 15 is 0 Å². The first-order valence-electron chi connectivity index (χ1n) is 10.1. The Kier molecular flexibility index (Phi) is 5.79. The SMILES string of the molecule is Cc1cccc(-c2ncc(C(=O)NCc3ccccn3)c(N3CCCCC3)n2)c1. The maximum Gasteiger partial charge on any atom is 0.256 e. The lowest BCUT2D eigenvalue weighted by Crippen LogP contribution is -2.34. The number of rotatable bonds is 5. The second kappa shape index (κ2) is 8.82. The molecule has 6 nitrogen and oxygen atoms in total. The molecule has 3 heterocycles. The van der Waals surface area contributed by atoms with Gasteiger partial charge in [0.1, 0.15) is 11.4 Å². The van der Waals surface area contributed by atoms with Gasteiger partial charge in [-0.05, 0) is 44.4 Å². The summed E-state index contributed by atoms with van der Waals surface area (Å²) in [4.78, 5) is 28.7. The van der Waals surface area contributed by atoms with E-state index in [4.69, 9.17) is 4.98 Å². The van der Waals surface area contributed by atoms with E-state index in [-0.39, 0.29) is 5.91 Å². The van der Waals surface area contributed by atoms with Gasteiger partial charge in [-0.1, -0.05) is 29.8 Å². The molecule has 1 saturated heterocycles. The second-order valence-corrected chi connectivity index (χ2v) is 7.35. The molecule has 1 N–H and O–H groups in total. The fourth-order valence-corrected chi connectivity index (χ4v) is 3.57. The Labute approximate surface area is 171 Å². The van der Waals surface area contributed by atoms with Crippen molar-refractivity contribution >= 4 is 11.7 Å². The largest absolute Gasteiger partial charge is 0.356 e. The number of hydrogen-bond acceptors (Lipinski definition) is 5. The Bertz CT molecular complexity index is 984. The predicted octanol–water partition coefficient (Wildman–Crippen LogP) is 3.77. The van der Waals surface area contributed by atoms with E-state index in [0.29, 0.717) is 17.9 Å². The average molecular weight is 387 g/mol. The molecule has 1 aliphatic rings. The summed E-state index contributed by atoms with van der Waals surface area (Å²) in [5.74, 6) is 1.19. The Morgan fingerprint density at radius 2 is 1.93 bits per heavy atom. The van der Waals surface area contributed by atoms with Crippen LogP contribution in [0.5, 0.6) is 0 Å². The fourth-order valence-electron chi connectivity index (χ4n) is 3.57. The van der Waals surface area contributed by atoms with Gasteiger partial charge in [-0.3, -0.25) is 9.78 Å². The summed E-state index contributed by atoms with van der Waals surface area (Å²) in [5.41, 5.74) is 3.45. The zero-order valence-electron chi connectivity index (χ0n) is 16.6. The summed E-state index contributed by atoms with van der Waals surface area (Å²) >= 11 is 0. The third kappa shape index (κ3) is 4.59. The van der Waals surface area contributed by atoms with Crippen molar-refractivity contribution in [1.82, 2.24) is 20.3 Å². The topological polar surface area (TPSA) is 71.0 Å². The van der Waals surface area contributed by atoms with Crippen molar-refractivity contribution in [2.24, 2.45) is 0 Å². The third-order valence-electron chi connectivity index (χ3n) is 5.10. The summed E-state index contributed by atoms with van der Waals surface area (Å²) in [7, 11) is 0. The number of aromatic nitrogens is 3. The maximum absolute atomic E-state index is 12.9. The zero-order valence-corrected chi connectivity index (χ0v) is 16.6. The monoisotopic (exact) mass is 387 g/mol. The molecule has 1 amide bonds. The molecule has 1 aromatic carbocycles. The van der Waals surface area contributed by atoms with Crippen LogP contribution in [0.15, 0.2) is 54.9 Å². The van der Waals surface area contributed by atoms with E-state index in [9.17, 15) is 4.79 Å². The first-order chi connectivity index (χ1) is 14.2. The molecule has 2 aromatic heterocycles. The lowest BCUT2D eigenvalue weighted by Gasteiger charge is -2.29. The minimum absolute atomic E-state index is 0.174. The highest BCUT2D eigenvalue weighted by Crippen LogP contribution is 2.25. The number of hydrogen-bond donors (Lipinski definition) is 1. The molecule has 3 aromatic rings. The van der Waals surface area contributed by atoms with Crippen LogP contribution in [0.25, 0.3) is 11.4 Å². The quantitative estimate of drug-likeness (QED) is 0.722. The highest BCUT2D eigenvalue weighted by Gasteiger charge is 2.22. The van der Waals surface area contributed by atoms with Gasteiger partial charge in [0.15, 0.2) is 5.82 Å². The second-order valence-electron chi connectivity index (χ2n) is 7.35. The van der Waals surface area contributed by atoms with Gasteiger partial charge in [-0.15, -0.1) is 0 Å². The van der Waals surface area contributed by atoms with Gasteiger partial charge in [0, 0.05) is 31.0 Å². The number of nitrogens with zero attached hydrogens (tertiary/aromatic N) is 4. The standard InChI is InChI=1S/C23H25N5O/c1-17-8-7-9-18(14-17)21-25-16-20(22(27-21)28-12-5-2-6-13-28)23(29)26-15-19-10-3-4-11-24-19/h3-4,7-11,14,16H,2,5-6,12-13,15H2,1H3,(H,26,29). The summed E-state index contributed by atoms with van der Waals surface area (Å²) in [5, 5.41) is 2.95. The highest BCUT2D eigenvalue weighted by atomic mass is 16.1. The Morgan fingerprint density at radius 3 is 2.69 bits per heavy atom. The summed E-state index contributed by atoms with van der Waals surface area (Å²) in [6.45, 7) is 4.24. The third-order valence-corrected chi connectivity index (χ3v) is 5.10. The van der Waals surface area contributed by atoms with Crippen LogP contribution in [0.1, 0.15) is 40.9 Å². The van der Waals surface area contributed by atoms with Gasteiger partial charge in [0.25, 0.3) is 5.91 Å². The predicted molar refractivity (Wildman–Crippen MR) is 114 cm³/mol. The molecule has 0 unspecified atom stereocenters. The Morgan fingerprint density at radius 1 is 1.07 bits per heavy atom. The molecule has 29 heavy (non-hydrogen) atoms. The van der Waals surface area contributed by atoms with Crippen LogP contribution in [-0.2, 0) is 6.54 Å². The highest BCUT2D eigenvalue weighted by molar-refractivity contribution is 5.98. The van der Waals surface area contributed by atoms with Gasteiger partial charge < -0.3 is 10.2 Å². The maximum atomic E-state index is 12.9. The fraction of sp³-hybridized carbons (Fsp3) is 0.304. The molecule has 0 radical (unpaired) electrons. The van der Waals surface area contributed by atoms with Crippen molar-refractivity contribution in [2.75, 3.05) is 18.0 Å². The number of benzene rings is 1. The summed E-state index contributed by atoms with van der Waals surface area (Å²) in [6.07, 6.45) is 6.81. The van der Waals surface area contributed by atoms with Crippen molar-refractivity contribution in [2.45, 2.75) is 32.7 Å². The smallest absolute Gasteiger partial charge is 0.256 e. The van der Waals surface area contributed by atoms with Gasteiger partial charge in [-0.2, -0.15) is 0 Å². The average Bonchev–Trinajstić information content (AvgIpc) is 2.78. The van der Waals surface area contributed by atoms with E-state index in [1.165, 1.54) is 6.42 Å². The van der Waals surface area contributed by atoms with E-state index in [2.05, 4.69) is 39.2 Å². The minimum atomic E-state index is -0.174. The molecule has 6 heteroatoms. The van der Waals surface area contributed by atoms with E-state index in [1.807, 2.05) is 30.3 Å².